The zero-order valence-corrected chi connectivity index (χ0v) is 16.5. The number of carbonyl (C=O) groups excluding carboxylic acids is 1. The lowest BCUT2D eigenvalue weighted by Crippen LogP contribution is -2.47. The van der Waals surface area contributed by atoms with Gasteiger partial charge >= 0.3 is 6.18 Å². The maximum atomic E-state index is 12.9. The van der Waals surface area contributed by atoms with Crippen LogP contribution in [0.4, 0.5) is 18.9 Å². The smallest absolute Gasteiger partial charge is 0.369 e. The van der Waals surface area contributed by atoms with Gasteiger partial charge in [-0.05, 0) is 44.0 Å². The molecule has 1 saturated carbocycles. The van der Waals surface area contributed by atoms with E-state index in [1.54, 1.807) is 6.07 Å². The second-order valence-electron chi connectivity index (χ2n) is 7.89. The Balaban J connectivity index is 1.39. The van der Waals surface area contributed by atoms with Crippen LogP contribution in [0.1, 0.15) is 37.7 Å². The number of hydrogen-bond donors (Lipinski definition) is 1. The van der Waals surface area contributed by atoms with E-state index < -0.39 is 17.2 Å². The van der Waals surface area contributed by atoms with Crippen LogP contribution < -0.4 is 10.2 Å². The highest BCUT2D eigenvalue weighted by Crippen LogP contribution is 2.37. The van der Waals surface area contributed by atoms with Gasteiger partial charge in [0.2, 0.25) is 5.91 Å². The van der Waals surface area contributed by atoms with Crippen molar-refractivity contribution in [3.8, 4) is 6.07 Å². The molecule has 0 radical (unpaired) electrons. The van der Waals surface area contributed by atoms with Gasteiger partial charge < -0.3 is 10.2 Å². The third-order valence-corrected chi connectivity index (χ3v) is 5.95. The van der Waals surface area contributed by atoms with Crippen molar-refractivity contribution in [2.45, 2.75) is 38.3 Å². The first-order chi connectivity index (χ1) is 13.8. The molecule has 0 bridgehead atoms. The first kappa shape index (κ1) is 21.4. The van der Waals surface area contributed by atoms with E-state index in [-0.39, 0.29) is 5.91 Å². The predicted molar refractivity (Wildman–Crippen MR) is 104 cm³/mol. The zero-order chi connectivity index (χ0) is 20.9. The van der Waals surface area contributed by atoms with Gasteiger partial charge in [-0.3, -0.25) is 9.69 Å². The highest BCUT2D eigenvalue weighted by molar-refractivity contribution is 5.85. The molecule has 1 aromatic carbocycles. The summed E-state index contributed by atoms with van der Waals surface area (Å²) in [5.74, 6) is -0.146. The summed E-state index contributed by atoms with van der Waals surface area (Å²) in [5.41, 5.74) is -0.855. The molecule has 1 heterocycles. The number of benzene rings is 1. The predicted octanol–water partition coefficient (Wildman–Crippen LogP) is 3.42. The number of amides is 1. The molecule has 2 aliphatic rings. The van der Waals surface area contributed by atoms with Crippen LogP contribution in [0.25, 0.3) is 0 Å². The van der Waals surface area contributed by atoms with Crippen LogP contribution in [0.3, 0.4) is 0 Å². The highest BCUT2D eigenvalue weighted by Gasteiger charge is 2.41. The molecule has 29 heavy (non-hydrogen) atoms. The molecule has 1 saturated heterocycles. The number of rotatable bonds is 6. The minimum absolute atomic E-state index is 0.146. The maximum absolute atomic E-state index is 12.9. The minimum atomic E-state index is -4.33. The number of nitrogens with one attached hydrogen (secondary N) is 1. The standard InChI is InChI=1S/C21H27F3N4O/c22-21(23,24)17-5-3-6-18(15-17)28-13-11-27(12-14-28)10-4-9-26-19(29)20(16-25)7-1-2-8-20/h3,5-6,15H,1-2,4,7-14H2,(H,26,29). The second kappa shape index (κ2) is 9.04. The van der Waals surface area contributed by atoms with Gasteiger partial charge in [-0.1, -0.05) is 18.9 Å². The largest absolute Gasteiger partial charge is 0.416 e. The lowest BCUT2D eigenvalue weighted by atomic mass is 9.87. The lowest BCUT2D eigenvalue weighted by molar-refractivity contribution is -0.137. The van der Waals surface area contributed by atoms with Gasteiger partial charge in [-0.25, -0.2) is 0 Å². The quantitative estimate of drug-likeness (QED) is 0.733. The summed E-state index contributed by atoms with van der Waals surface area (Å²) in [7, 11) is 0. The van der Waals surface area contributed by atoms with Crippen molar-refractivity contribution >= 4 is 11.6 Å². The van der Waals surface area contributed by atoms with E-state index in [1.807, 2.05) is 4.90 Å². The van der Waals surface area contributed by atoms with Crippen molar-refractivity contribution in [2.75, 3.05) is 44.2 Å². The number of nitrogens with zero attached hydrogens (tertiary/aromatic N) is 3. The normalized spacial score (nSPS) is 19.7. The molecule has 1 aliphatic carbocycles. The summed E-state index contributed by atoms with van der Waals surface area (Å²) in [6, 6.07) is 7.67. The van der Waals surface area contributed by atoms with Gasteiger partial charge in [0.25, 0.3) is 0 Å². The van der Waals surface area contributed by atoms with E-state index in [0.29, 0.717) is 38.2 Å². The first-order valence-electron chi connectivity index (χ1n) is 10.2. The number of piperazine rings is 1. The SMILES string of the molecule is N#CC1(C(=O)NCCCN2CCN(c3cccc(C(F)(F)F)c3)CC2)CCCC1. The van der Waals surface area contributed by atoms with Crippen molar-refractivity contribution in [1.82, 2.24) is 10.2 Å². The Morgan fingerprint density at radius 1 is 1.17 bits per heavy atom. The number of halogens is 3. The Morgan fingerprint density at radius 3 is 2.48 bits per heavy atom. The average Bonchev–Trinajstić information content (AvgIpc) is 3.21. The molecule has 158 valence electrons. The molecule has 0 spiro atoms. The molecule has 0 atom stereocenters. The fourth-order valence-electron chi connectivity index (χ4n) is 4.15. The van der Waals surface area contributed by atoms with E-state index in [9.17, 15) is 23.2 Å². The van der Waals surface area contributed by atoms with Crippen molar-refractivity contribution in [1.29, 1.82) is 5.26 Å². The number of alkyl halides is 3. The Kier molecular flexibility index (Phi) is 6.68. The van der Waals surface area contributed by atoms with Crippen LogP contribution >= 0.6 is 0 Å². The molecule has 2 fully saturated rings. The van der Waals surface area contributed by atoms with Crippen LogP contribution in [0.5, 0.6) is 0 Å². The van der Waals surface area contributed by atoms with Crippen molar-refractivity contribution in [3.05, 3.63) is 29.8 Å². The molecule has 0 unspecified atom stereocenters. The van der Waals surface area contributed by atoms with Crippen LogP contribution in [0, 0.1) is 16.7 Å². The summed E-state index contributed by atoms with van der Waals surface area (Å²) < 4.78 is 38.7. The number of anilines is 1. The fraction of sp³-hybridized carbons (Fsp3) is 0.619. The highest BCUT2D eigenvalue weighted by atomic mass is 19.4. The molecule has 5 nitrogen and oxygen atoms in total. The van der Waals surface area contributed by atoms with Crippen LogP contribution in [-0.4, -0.2) is 50.1 Å². The topological polar surface area (TPSA) is 59.4 Å². The van der Waals surface area contributed by atoms with Crippen LogP contribution in [0.2, 0.25) is 0 Å². The third-order valence-electron chi connectivity index (χ3n) is 5.95. The minimum Gasteiger partial charge on any atom is -0.369 e. The fourth-order valence-corrected chi connectivity index (χ4v) is 4.15. The Morgan fingerprint density at radius 2 is 1.86 bits per heavy atom. The molecule has 1 aliphatic heterocycles. The van der Waals surface area contributed by atoms with E-state index >= 15 is 0 Å². The Labute approximate surface area is 169 Å². The number of hydrogen-bond acceptors (Lipinski definition) is 4. The van der Waals surface area contributed by atoms with E-state index in [0.717, 1.165) is 45.0 Å². The summed E-state index contributed by atoms with van der Waals surface area (Å²) >= 11 is 0. The molecular formula is C21H27F3N4O. The summed E-state index contributed by atoms with van der Waals surface area (Å²) in [6.07, 6.45) is -0.393. The van der Waals surface area contributed by atoms with Crippen LogP contribution in [-0.2, 0) is 11.0 Å². The van der Waals surface area contributed by atoms with E-state index in [4.69, 9.17) is 0 Å². The molecule has 8 heteroatoms. The average molecular weight is 408 g/mol. The summed E-state index contributed by atoms with van der Waals surface area (Å²) in [5, 5.41) is 12.2. The van der Waals surface area contributed by atoms with Gasteiger partial charge in [0.05, 0.1) is 11.6 Å². The van der Waals surface area contributed by atoms with Gasteiger partial charge in [-0.15, -0.1) is 0 Å². The number of carbonyl (C=O) groups is 1. The molecule has 0 aromatic heterocycles. The monoisotopic (exact) mass is 408 g/mol. The van der Waals surface area contributed by atoms with E-state index in [1.165, 1.54) is 12.1 Å². The summed E-state index contributed by atoms with van der Waals surface area (Å²) in [4.78, 5) is 16.5. The van der Waals surface area contributed by atoms with Crippen molar-refractivity contribution in [2.24, 2.45) is 5.41 Å². The molecular weight excluding hydrogens is 381 g/mol. The molecule has 3 rings (SSSR count). The third kappa shape index (κ3) is 5.21. The van der Waals surface area contributed by atoms with Gasteiger partial charge in [0, 0.05) is 38.4 Å². The maximum Gasteiger partial charge on any atom is 0.416 e. The summed E-state index contributed by atoms with van der Waals surface area (Å²) in [6.45, 7) is 4.24. The molecule has 1 amide bonds. The molecule has 1 N–H and O–H groups in total. The number of nitriles is 1. The molecule has 1 aromatic rings. The Hall–Kier alpha value is -2.27. The van der Waals surface area contributed by atoms with E-state index in [2.05, 4.69) is 16.3 Å². The van der Waals surface area contributed by atoms with Gasteiger partial charge in [-0.2, -0.15) is 18.4 Å². The van der Waals surface area contributed by atoms with Crippen molar-refractivity contribution in [3.63, 3.8) is 0 Å². The van der Waals surface area contributed by atoms with Gasteiger partial charge in [0.15, 0.2) is 0 Å². The second-order valence-corrected chi connectivity index (χ2v) is 7.89. The first-order valence-corrected chi connectivity index (χ1v) is 10.2. The Bertz CT molecular complexity index is 745. The van der Waals surface area contributed by atoms with Crippen LogP contribution in [0.15, 0.2) is 24.3 Å². The van der Waals surface area contributed by atoms with Crippen molar-refractivity contribution < 1.29 is 18.0 Å². The zero-order valence-electron chi connectivity index (χ0n) is 16.5. The lowest BCUT2D eigenvalue weighted by Gasteiger charge is -2.36. The van der Waals surface area contributed by atoms with Gasteiger partial charge in [0.1, 0.15) is 5.41 Å².